The van der Waals surface area contributed by atoms with Gasteiger partial charge in [-0.2, -0.15) is 13.2 Å². The molecule has 6 nitrogen and oxygen atoms in total. The number of guanidine groups is 1. The molecule has 1 rings (SSSR count). The minimum absolute atomic E-state index is 0. The summed E-state index contributed by atoms with van der Waals surface area (Å²) >= 11 is 0. The molecule has 0 aliphatic carbocycles. The quantitative estimate of drug-likeness (QED) is 0.298. The normalized spacial score (nSPS) is 12.3. The largest absolute Gasteiger partial charge is 0.491 e. The fourth-order valence-corrected chi connectivity index (χ4v) is 2.35. The predicted octanol–water partition coefficient (Wildman–Crippen LogP) is 3.69. The van der Waals surface area contributed by atoms with Crippen LogP contribution in [0.25, 0.3) is 0 Å². The molecule has 0 fully saturated rings. The van der Waals surface area contributed by atoms with E-state index in [1.54, 1.807) is 13.8 Å². The third-order valence-corrected chi connectivity index (χ3v) is 3.36. The summed E-state index contributed by atoms with van der Waals surface area (Å²) in [6, 6.07) is 3.86. The predicted molar refractivity (Wildman–Crippen MR) is 119 cm³/mol. The van der Waals surface area contributed by atoms with Crippen LogP contribution in [0.5, 0.6) is 5.75 Å². The first-order valence-corrected chi connectivity index (χ1v) is 8.94. The van der Waals surface area contributed by atoms with Gasteiger partial charge < -0.3 is 20.7 Å². The molecular weight excluding hydrogens is 500 g/mol. The molecule has 0 aliphatic heterocycles. The molecule has 166 valence electrons. The lowest BCUT2D eigenvalue weighted by Gasteiger charge is -2.21. The van der Waals surface area contributed by atoms with Crippen molar-refractivity contribution in [1.82, 2.24) is 16.0 Å². The number of rotatable bonds is 6. The van der Waals surface area contributed by atoms with Crippen molar-refractivity contribution in [2.24, 2.45) is 4.99 Å². The van der Waals surface area contributed by atoms with E-state index in [9.17, 15) is 18.0 Å². The highest BCUT2D eigenvalue weighted by atomic mass is 127. The SMILES string of the molecule is CN=C(NCC(=O)NC(C)(C)C)NCc1ccc(OC(C)C)cc1C(F)(F)F.I. The lowest BCUT2D eigenvalue weighted by Crippen LogP contribution is -2.48. The van der Waals surface area contributed by atoms with Gasteiger partial charge in [0.05, 0.1) is 18.2 Å². The van der Waals surface area contributed by atoms with Gasteiger partial charge in [-0.3, -0.25) is 9.79 Å². The molecule has 0 radical (unpaired) electrons. The van der Waals surface area contributed by atoms with Crippen LogP contribution >= 0.6 is 24.0 Å². The number of aliphatic imine (C=N–C) groups is 1. The number of alkyl halides is 3. The van der Waals surface area contributed by atoms with Crippen molar-refractivity contribution in [3.05, 3.63) is 29.3 Å². The Kier molecular flexibility index (Phi) is 10.8. The molecule has 0 bridgehead atoms. The average molecular weight is 530 g/mol. The smallest absolute Gasteiger partial charge is 0.416 e. The maximum Gasteiger partial charge on any atom is 0.416 e. The summed E-state index contributed by atoms with van der Waals surface area (Å²) in [4.78, 5) is 15.8. The molecule has 3 N–H and O–H groups in total. The zero-order valence-electron chi connectivity index (χ0n) is 17.5. The second kappa shape index (κ2) is 11.5. The number of benzene rings is 1. The van der Waals surface area contributed by atoms with E-state index in [0.29, 0.717) is 0 Å². The third-order valence-electron chi connectivity index (χ3n) is 3.36. The van der Waals surface area contributed by atoms with Gasteiger partial charge in [-0.05, 0) is 52.3 Å². The first kappa shape index (κ1) is 27.3. The van der Waals surface area contributed by atoms with Gasteiger partial charge in [0.1, 0.15) is 5.75 Å². The molecule has 1 aromatic rings. The zero-order valence-corrected chi connectivity index (χ0v) is 19.9. The molecule has 0 saturated heterocycles. The fraction of sp³-hybridized carbons (Fsp3) is 0.579. The molecule has 0 heterocycles. The summed E-state index contributed by atoms with van der Waals surface area (Å²) in [6.45, 7) is 8.87. The number of hydrogen-bond donors (Lipinski definition) is 3. The lowest BCUT2D eigenvalue weighted by atomic mass is 10.1. The molecule has 0 atom stereocenters. The van der Waals surface area contributed by atoms with Crippen molar-refractivity contribution in [3.8, 4) is 5.75 Å². The van der Waals surface area contributed by atoms with Crippen LogP contribution in [0.2, 0.25) is 0 Å². The van der Waals surface area contributed by atoms with Crippen LogP contribution in [0.3, 0.4) is 0 Å². The van der Waals surface area contributed by atoms with E-state index in [4.69, 9.17) is 4.74 Å². The summed E-state index contributed by atoms with van der Waals surface area (Å²) in [5.74, 6) is 0.133. The maximum atomic E-state index is 13.4. The zero-order chi connectivity index (χ0) is 21.5. The van der Waals surface area contributed by atoms with Crippen molar-refractivity contribution >= 4 is 35.8 Å². The van der Waals surface area contributed by atoms with Crippen molar-refractivity contribution in [3.63, 3.8) is 0 Å². The minimum Gasteiger partial charge on any atom is -0.491 e. The van der Waals surface area contributed by atoms with E-state index < -0.39 is 11.7 Å². The average Bonchev–Trinajstić information content (AvgIpc) is 2.52. The van der Waals surface area contributed by atoms with Crippen molar-refractivity contribution < 1.29 is 22.7 Å². The van der Waals surface area contributed by atoms with E-state index in [1.165, 1.54) is 19.2 Å². The van der Waals surface area contributed by atoms with E-state index in [2.05, 4.69) is 20.9 Å². The van der Waals surface area contributed by atoms with E-state index in [0.717, 1.165) is 6.07 Å². The highest BCUT2D eigenvalue weighted by Gasteiger charge is 2.33. The lowest BCUT2D eigenvalue weighted by molar-refractivity contribution is -0.138. The Hall–Kier alpha value is -1.72. The molecule has 10 heteroatoms. The van der Waals surface area contributed by atoms with E-state index >= 15 is 0 Å². The van der Waals surface area contributed by atoms with Gasteiger partial charge in [0.15, 0.2) is 5.96 Å². The first-order chi connectivity index (χ1) is 12.8. The Bertz CT molecular complexity index is 702. The van der Waals surface area contributed by atoms with Crippen molar-refractivity contribution in [2.75, 3.05) is 13.6 Å². The summed E-state index contributed by atoms with van der Waals surface area (Å²) in [5, 5.41) is 8.35. The molecule has 0 spiro atoms. The Morgan fingerprint density at radius 1 is 1.17 bits per heavy atom. The molecule has 0 saturated carbocycles. The number of nitrogens with zero attached hydrogens (tertiary/aromatic N) is 1. The first-order valence-electron chi connectivity index (χ1n) is 8.94. The van der Waals surface area contributed by atoms with Crippen LogP contribution in [0.4, 0.5) is 13.2 Å². The number of halogens is 4. The Balaban J connectivity index is 0.00000784. The number of hydrogen-bond acceptors (Lipinski definition) is 3. The number of amides is 1. The van der Waals surface area contributed by atoms with Crippen LogP contribution < -0.4 is 20.7 Å². The van der Waals surface area contributed by atoms with Crippen molar-refractivity contribution in [1.29, 1.82) is 0 Å². The Morgan fingerprint density at radius 3 is 2.28 bits per heavy atom. The Labute approximate surface area is 187 Å². The molecule has 1 amide bonds. The second-order valence-corrected chi connectivity index (χ2v) is 7.56. The van der Waals surface area contributed by atoms with Gasteiger partial charge in [0.25, 0.3) is 0 Å². The van der Waals surface area contributed by atoms with Gasteiger partial charge in [-0.1, -0.05) is 6.07 Å². The highest BCUT2D eigenvalue weighted by Crippen LogP contribution is 2.34. The Morgan fingerprint density at radius 2 is 1.79 bits per heavy atom. The molecule has 0 aliphatic rings. The van der Waals surface area contributed by atoms with Gasteiger partial charge in [0.2, 0.25) is 5.91 Å². The van der Waals surface area contributed by atoms with Crippen molar-refractivity contribution in [2.45, 2.75) is 59.0 Å². The van der Waals surface area contributed by atoms with Crippen LogP contribution in [0, 0.1) is 0 Å². The van der Waals surface area contributed by atoms with Gasteiger partial charge in [-0.25, -0.2) is 0 Å². The summed E-state index contributed by atoms with van der Waals surface area (Å²) in [6.07, 6.45) is -4.75. The number of nitrogens with one attached hydrogen (secondary N) is 3. The van der Waals surface area contributed by atoms with Gasteiger partial charge in [0, 0.05) is 19.1 Å². The van der Waals surface area contributed by atoms with Gasteiger partial charge >= 0.3 is 6.18 Å². The number of ether oxygens (including phenoxy) is 1. The summed E-state index contributed by atoms with van der Waals surface area (Å²) in [7, 11) is 1.47. The monoisotopic (exact) mass is 530 g/mol. The molecule has 29 heavy (non-hydrogen) atoms. The third kappa shape index (κ3) is 10.6. The topological polar surface area (TPSA) is 74.8 Å². The summed E-state index contributed by atoms with van der Waals surface area (Å²) in [5.41, 5.74) is -1.11. The molecule has 1 aromatic carbocycles. The summed E-state index contributed by atoms with van der Waals surface area (Å²) < 4.78 is 45.6. The van der Waals surface area contributed by atoms with Crippen LogP contribution in [0.15, 0.2) is 23.2 Å². The van der Waals surface area contributed by atoms with Crippen LogP contribution in [-0.4, -0.2) is 37.1 Å². The van der Waals surface area contributed by atoms with E-state index in [-0.39, 0.29) is 71.9 Å². The fourth-order valence-electron chi connectivity index (χ4n) is 2.35. The van der Waals surface area contributed by atoms with Gasteiger partial charge in [-0.15, -0.1) is 24.0 Å². The minimum atomic E-state index is -4.52. The molecule has 0 unspecified atom stereocenters. The molecule has 0 aromatic heterocycles. The maximum absolute atomic E-state index is 13.4. The standard InChI is InChI=1S/C19H29F3N4O2.HI/c1-12(2)28-14-8-7-13(15(9-14)19(20,21)22)10-24-17(23-6)25-11-16(27)26-18(3,4)5;/h7-9,12H,10-11H2,1-6H3,(H,26,27)(H2,23,24,25);1H. The van der Waals surface area contributed by atoms with Crippen LogP contribution in [0.1, 0.15) is 45.7 Å². The second-order valence-electron chi connectivity index (χ2n) is 7.56. The van der Waals surface area contributed by atoms with Crippen LogP contribution in [-0.2, 0) is 17.5 Å². The number of carbonyl (C=O) groups excluding carboxylic acids is 1. The molecular formula is C19H30F3IN4O2. The van der Waals surface area contributed by atoms with E-state index in [1.807, 2.05) is 20.8 Å². The number of carbonyl (C=O) groups is 1. The highest BCUT2D eigenvalue weighted by molar-refractivity contribution is 14.0.